The number of hydrogen-bond acceptors (Lipinski definition) is 3. The van der Waals surface area contributed by atoms with Crippen molar-refractivity contribution in [3.63, 3.8) is 0 Å². The van der Waals surface area contributed by atoms with Crippen LogP contribution in [0, 0.1) is 5.82 Å². The highest BCUT2D eigenvalue weighted by atomic mass is 32.2. The number of rotatable bonds is 5. The van der Waals surface area contributed by atoms with Gasteiger partial charge in [-0.3, -0.25) is 9.00 Å². The summed E-state index contributed by atoms with van der Waals surface area (Å²) in [6.07, 6.45) is 0. The maximum Gasteiger partial charge on any atom is 0.238 e. The highest BCUT2D eigenvalue weighted by Crippen LogP contribution is 2.21. The normalized spacial score (nSPS) is 13.9. The molecule has 6 heteroatoms. The summed E-state index contributed by atoms with van der Waals surface area (Å²) in [7, 11) is -1.58. The Hall–Kier alpha value is -1.43. The van der Waals surface area contributed by atoms with Gasteiger partial charge >= 0.3 is 0 Å². The third kappa shape index (κ3) is 3.53. The van der Waals surface area contributed by atoms with Crippen molar-refractivity contribution in [2.24, 2.45) is 0 Å². The van der Waals surface area contributed by atoms with E-state index in [1.54, 1.807) is 11.8 Å². The molecular formula is C13H19FN2O2S. The minimum absolute atomic E-state index is 0.109. The second-order valence-corrected chi connectivity index (χ2v) is 5.87. The molecule has 0 aromatic heterocycles. The van der Waals surface area contributed by atoms with Gasteiger partial charge in [0, 0.05) is 13.1 Å². The van der Waals surface area contributed by atoms with Gasteiger partial charge in [-0.1, -0.05) is 0 Å². The van der Waals surface area contributed by atoms with Crippen LogP contribution in [0.5, 0.6) is 0 Å². The molecule has 0 spiro atoms. The Labute approximate surface area is 115 Å². The summed E-state index contributed by atoms with van der Waals surface area (Å²) in [6.45, 7) is 6.46. The minimum Gasteiger partial charge on any atom is -0.398 e. The monoisotopic (exact) mass is 286 g/mol. The molecule has 0 aliphatic rings. The van der Waals surface area contributed by atoms with Gasteiger partial charge in [-0.2, -0.15) is 0 Å². The third-order valence-electron chi connectivity index (χ3n) is 2.93. The van der Waals surface area contributed by atoms with Gasteiger partial charge in [-0.15, -0.1) is 0 Å². The Morgan fingerprint density at radius 3 is 2.47 bits per heavy atom. The predicted octanol–water partition coefficient (Wildman–Crippen LogP) is 1.77. The number of nitrogen functional groups attached to an aromatic ring is 1. The highest BCUT2D eigenvalue weighted by Gasteiger charge is 2.26. The van der Waals surface area contributed by atoms with Gasteiger partial charge in [-0.05, 0) is 39.0 Å². The van der Waals surface area contributed by atoms with Crippen molar-refractivity contribution in [1.82, 2.24) is 4.90 Å². The summed E-state index contributed by atoms with van der Waals surface area (Å²) in [4.78, 5) is 14.0. The van der Waals surface area contributed by atoms with Crippen LogP contribution >= 0.6 is 0 Å². The predicted molar refractivity (Wildman–Crippen MR) is 74.6 cm³/mol. The molecule has 0 radical (unpaired) electrons. The largest absolute Gasteiger partial charge is 0.398 e. The molecule has 0 heterocycles. The zero-order valence-electron chi connectivity index (χ0n) is 11.4. The Bertz CT molecular complexity index is 490. The zero-order chi connectivity index (χ0) is 14.6. The van der Waals surface area contributed by atoms with Crippen LogP contribution in [-0.4, -0.2) is 33.4 Å². The summed E-state index contributed by atoms with van der Waals surface area (Å²) in [5.74, 6) is -0.673. The zero-order valence-corrected chi connectivity index (χ0v) is 12.2. The first-order valence-corrected chi connectivity index (χ1v) is 7.38. The van der Waals surface area contributed by atoms with Crippen molar-refractivity contribution in [1.29, 1.82) is 0 Å². The van der Waals surface area contributed by atoms with Gasteiger partial charge in [0.15, 0.2) is 0 Å². The topological polar surface area (TPSA) is 63.4 Å². The van der Waals surface area contributed by atoms with E-state index >= 15 is 0 Å². The number of anilines is 1. The van der Waals surface area contributed by atoms with E-state index < -0.39 is 21.9 Å². The fourth-order valence-electron chi connectivity index (χ4n) is 1.78. The summed E-state index contributed by atoms with van der Waals surface area (Å²) in [6, 6.07) is 3.67. The maximum atomic E-state index is 13.0. The molecule has 1 aromatic rings. The van der Waals surface area contributed by atoms with E-state index in [4.69, 9.17) is 5.73 Å². The molecule has 2 unspecified atom stereocenters. The molecular weight excluding hydrogens is 267 g/mol. The number of carbonyl (C=O) groups is 1. The van der Waals surface area contributed by atoms with E-state index in [-0.39, 0.29) is 11.6 Å². The van der Waals surface area contributed by atoms with Crippen LogP contribution in [0.3, 0.4) is 0 Å². The van der Waals surface area contributed by atoms with Crippen LogP contribution in [0.1, 0.15) is 20.8 Å². The molecule has 0 aliphatic carbocycles. The molecule has 0 bridgehead atoms. The first-order valence-electron chi connectivity index (χ1n) is 6.16. The molecule has 106 valence electrons. The van der Waals surface area contributed by atoms with E-state index in [1.165, 1.54) is 12.1 Å². The van der Waals surface area contributed by atoms with Gasteiger partial charge in [0.25, 0.3) is 0 Å². The molecule has 0 aliphatic heterocycles. The Morgan fingerprint density at radius 2 is 2.00 bits per heavy atom. The second-order valence-electron chi connectivity index (χ2n) is 4.13. The third-order valence-corrected chi connectivity index (χ3v) is 4.58. The standard InChI is InChI=1S/C13H19FN2O2S/c1-4-16(5-2)13(17)9(3)19(18)12-7-6-10(14)8-11(12)15/h6-9H,4-5,15H2,1-3H3. The molecule has 2 atom stereocenters. The fraction of sp³-hybridized carbons (Fsp3) is 0.462. The molecule has 0 saturated carbocycles. The van der Waals surface area contributed by atoms with Crippen molar-refractivity contribution in [2.75, 3.05) is 18.8 Å². The van der Waals surface area contributed by atoms with Crippen LogP contribution in [-0.2, 0) is 15.6 Å². The molecule has 4 nitrogen and oxygen atoms in total. The Morgan fingerprint density at radius 1 is 1.42 bits per heavy atom. The van der Waals surface area contributed by atoms with Gasteiger partial charge in [0.1, 0.15) is 11.1 Å². The van der Waals surface area contributed by atoms with Crippen LogP contribution in [0.2, 0.25) is 0 Å². The van der Waals surface area contributed by atoms with Gasteiger partial charge in [0.05, 0.1) is 21.4 Å². The van der Waals surface area contributed by atoms with E-state index in [0.717, 1.165) is 6.07 Å². The molecule has 1 aromatic carbocycles. The number of amides is 1. The van der Waals surface area contributed by atoms with Crippen LogP contribution in [0.15, 0.2) is 23.1 Å². The Balaban J connectivity index is 2.96. The number of nitrogens with zero attached hydrogens (tertiary/aromatic N) is 1. The Kier molecular flexibility index (Phi) is 5.47. The van der Waals surface area contributed by atoms with E-state index in [2.05, 4.69) is 0 Å². The van der Waals surface area contributed by atoms with Crippen LogP contribution < -0.4 is 5.73 Å². The lowest BCUT2D eigenvalue weighted by Gasteiger charge is -2.22. The van der Waals surface area contributed by atoms with Crippen LogP contribution in [0.4, 0.5) is 10.1 Å². The van der Waals surface area contributed by atoms with Crippen LogP contribution in [0.25, 0.3) is 0 Å². The molecule has 2 N–H and O–H groups in total. The van der Waals surface area contributed by atoms with E-state index in [1.807, 2.05) is 13.8 Å². The lowest BCUT2D eigenvalue weighted by Crippen LogP contribution is -2.39. The van der Waals surface area contributed by atoms with Crippen molar-refractivity contribution in [3.05, 3.63) is 24.0 Å². The summed E-state index contributed by atoms with van der Waals surface area (Å²) in [5, 5.41) is -0.701. The number of halogens is 1. The quantitative estimate of drug-likeness (QED) is 0.839. The lowest BCUT2D eigenvalue weighted by atomic mass is 10.3. The van der Waals surface area contributed by atoms with Gasteiger partial charge in [-0.25, -0.2) is 4.39 Å². The average molecular weight is 286 g/mol. The maximum absolute atomic E-state index is 13.0. The SMILES string of the molecule is CCN(CC)C(=O)C(C)S(=O)c1ccc(F)cc1N. The molecule has 19 heavy (non-hydrogen) atoms. The van der Waals surface area contributed by atoms with Crippen molar-refractivity contribution >= 4 is 22.4 Å². The fourth-order valence-corrected chi connectivity index (χ4v) is 2.98. The molecule has 0 saturated heterocycles. The number of benzene rings is 1. The van der Waals surface area contributed by atoms with Gasteiger partial charge < -0.3 is 10.6 Å². The van der Waals surface area contributed by atoms with Crippen molar-refractivity contribution in [3.8, 4) is 0 Å². The molecule has 1 rings (SSSR count). The lowest BCUT2D eigenvalue weighted by molar-refractivity contribution is -0.129. The number of nitrogens with two attached hydrogens (primary N) is 1. The van der Waals surface area contributed by atoms with E-state index in [0.29, 0.717) is 18.0 Å². The first kappa shape index (κ1) is 15.6. The summed E-state index contributed by atoms with van der Waals surface area (Å²) < 4.78 is 25.3. The van der Waals surface area contributed by atoms with Crippen molar-refractivity contribution < 1.29 is 13.4 Å². The van der Waals surface area contributed by atoms with E-state index in [9.17, 15) is 13.4 Å². The second kappa shape index (κ2) is 6.65. The summed E-state index contributed by atoms with van der Waals surface area (Å²) >= 11 is 0. The highest BCUT2D eigenvalue weighted by molar-refractivity contribution is 7.86. The average Bonchev–Trinajstić information content (AvgIpc) is 2.38. The van der Waals surface area contributed by atoms with Crippen molar-refractivity contribution in [2.45, 2.75) is 30.9 Å². The first-order chi connectivity index (χ1) is 8.92. The number of hydrogen-bond donors (Lipinski definition) is 1. The molecule has 0 fully saturated rings. The smallest absolute Gasteiger partial charge is 0.238 e. The molecule has 1 amide bonds. The summed E-state index contributed by atoms with van der Waals surface area (Å²) in [5.41, 5.74) is 5.75. The van der Waals surface area contributed by atoms with Gasteiger partial charge in [0.2, 0.25) is 5.91 Å². The number of carbonyl (C=O) groups excluding carboxylic acids is 1. The minimum atomic E-state index is -1.58.